The molecule has 0 spiro atoms. The molecule has 2 aromatic rings. The van der Waals surface area contributed by atoms with E-state index in [1.54, 1.807) is 12.1 Å². The zero-order valence-electron chi connectivity index (χ0n) is 11.5. The number of aromatic nitrogens is 1. The number of rotatable bonds is 2. The summed E-state index contributed by atoms with van der Waals surface area (Å²) in [5, 5.41) is 0. The first-order valence-corrected chi connectivity index (χ1v) is 6.43. The average molecular weight is 271 g/mol. The molecule has 0 amide bonds. The van der Waals surface area contributed by atoms with Crippen molar-refractivity contribution in [1.29, 1.82) is 0 Å². The highest BCUT2D eigenvalue weighted by Crippen LogP contribution is 2.45. The van der Waals surface area contributed by atoms with E-state index in [-0.39, 0.29) is 11.2 Å². The van der Waals surface area contributed by atoms with Crippen molar-refractivity contribution < 1.29 is 9.47 Å². The quantitative estimate of drug-likeness (QED) is 0.877. The number of anilines is 2. The smallest absolute Gasteiger partial charge is 0.221 e. The Morgan fingerprint density at radius 3 is 2.75 bits per heavy atom. The monoisotopic (exact) mass is 271 g/mol. The predicted molar refractivity (Wildman–Crippen MR) is 78.1 cm³/mol. The molecule has 2 heterocycles. The Morgan fingerprint density at radius 2 is 2.00 bits per heavy atom. The minimum atomic E-state index is -0.0920. The van der Waals surface area contributed by atoms with E-state index in [2.05, 4.69) is 18.8 Å². The second kappa shape index (κ2) is 4.30. The van der Waals surface area contributed by atoms with Crippen LogP contribution in [-0.2, 0) is 5.41 Å². The number of pyridine rings is 1. The van der Waals surface area contributed by atoms with Crippen molar-refractivity contribution in [2.24, 2.45) is 0 Å². The fourth-order valence-corrected chi connectivity index (χ4v) is 2.35. The predicted octanol–water partition coefficient (Wildman–Crippen LogP) is 2.71. The van der Waals surface area contributed by atoms with Gasteiger partial charge in [-0.25, -0.2) is 0 Å². The van der Waals surface area contributed by atoms with Crippen molar-refractivity contribution in [2.75, 3.05) is 18.1 Å². The van der Waals surface area contributed by atoms with Gasteiger partial charge >= 0.3 is 0 Å². The first-order chi connectivity index (χ1) is 9.47. The Kier molecular flexibility index (Phi) is 2.71. The maximum absolute atomic E-state index is 5.87. The molecular weight excluding hydrogens is 254 g/mol. The Labute approximate surface area is 117 Å². The number of ether oxygens (including phenoxy) is 2. The number of benzene rings is 1. The minimum absolute atomic E-state index is 0.0920. The lowest BCUT2D eigenvalue weighted by Gasteiger charge is -2.18. The highest BCUT2D eigenvalue weighted by molar-refractivity contribution is 5.59. The van der Waals surface area contributed by atoms with Crippen molar-refractivity contribution in [2.45, 2.75) is 19.3 Å². The maximum Gasteiger partial charge on any atom is 0.221 e. The lowest BCUT2D eigenvalue weighted by Crippen LogP contribution is -2.19. The summed E-state index contributed by atoms with van der Waals surface area (Å²) in [5.41, 5.74) is 12.8. The first-order valence-electron chi connectivity index (χ1n) is 6.43. The van der Waals surface area contributed by atoms with E-state index in [1.165, 1.54) is 0 Å². The highest BCUT2D eigenvalue weighted by Gasteiger charge is 2.35. The third kappa shape index (κ3) is 2.01. The van der Waals surface area contributed by atoms with E-state index in [1.807, 2.05) is 18.2 Å². The van der Waals surface area contributed by atoms with Crippen LogP contribution in [0.5, 0.6) is 17.4 Å². The molecule has 0 saturated carbocycles. The molecular formula is C15H17N3O2. The summed E-state index contributed by atoms with van der Waals surface area (Å²) in [6.45, 7) is 4.88. The van der Waals surface area contributed by atoms with E-state index in [0.29, 0.717) is 18.2 Å². The van der Waals surface area contributed by atoms with Gasteiger partial charge < -0.3 is 20.9 Å². The molecule has 0 fully saturated rings. The van der Waals surface area contributed by atoms with Gasteiger partial charge in [-0.05, 0) is 18.2 Å². The standard InChI is InChI=1S/C15H17N3O2/c1-15(2)8-19-10-4-3-5-11(13(10)15)20-12-7-6-9(16)14(17)18-12/h3-7H,8,16H2,1-2H3,(H2,17,18). The summed E-state index contributed by atoms with van der Waals surface area (Å²) >= 11 is 0. The van der Waals surface area contributed by atoms with E-state index in [9.17, 15) is 0 Å². The fraction of sp³-hybridized carbons (Fsp3) is 0.267. The third-order valence-electron chi connectivity index (χ3n) is 3.40. The molecule has 1 aromatic carbocycles. The minimum Gasteiger partial charge on any atom is -0.492 e. The van der Waals surface area contributed by atoms with E-state index in [0.717, 1.165) is 17.1 Å². The van der Waals surface area contributed by atoms with Crippen LogP contribution in [0, 0.1) is 0 Å². The van der Waals surface area contributed by atoms with Crippen molar-refractivity contribution in [3.63, 3.8) is 0 Å². The molecule has 3 rings (SSSR count). The Morgan fingerprint density at radius 1 is 1.20 bits per heavy atom. The SMILES string of the molecule is CC1(C)COc2cccc(Oc3ccc(N)c(N)n3)c21. The first kappa shape index (κ1) is 12.6. The van der Waals surface area contributed by atoms with Gasteiger partial charge in [0.2, 0.25) is 5.88 Å². The number of nitrogens with two attached hydrogens (primary N) is 2. The zero-order chi connectivity index (χ0) is 14.3. The molecule has 4 N–H and O–H groups in total. The summed E-state index contributed by atoms with van der Waals surface area (Å²) in [4.78, 5) is 4.13. The van der Waals surface area contributed by atoms with E-state index in [4.69, 9.17) is 20.9 Å². The van der Waals surface area contributed by atoms with Crippen LogP contribution in [0.15, 0.2) is 30.3 Å². The summed E-state index contributed by atoms with van der Waals surface area (Å²) in [6.07, 6.45) is 0. The summed E-state index contributed by atoms with van der Waals surface area (Å²) in [6, 6.07) is 9.14. The second-order valence-electron chi connectivity index (χ2n) is 5.53. The van der Waals surface area contributed by atoms with Gasteiger partial charge in [-0.15, -0.1) is 0 Å². The zero-order valence-corrected chi connectivity index (χ0v) is 11.5. The Bertz CT molecular complexity index is 668. The van der Waals surface area contributed by atoms with Gasteiger partial charge in [-0.3, -0.25) is 0 Å². The van der Waals surface area contributed by atoms with Crippen LogP contribution in [0.25, 0.3) is 0 Å². The largest absolute Gasteiger partial charge is 0.492 e. The molecule has 1 aliphatic rings. The fourth-order valence-electron chi connectivity index (χ4n) is 2.35. The van der Waals surface area contributed by atoms with E-state index < -0.39 is 0 Å². The number of nitrogen functional groups attached to an aromatic ring is 2. The number of nitrogens with zero attached hydrogens (tertiary/aromatic N) is 1. The van der Waals surface area contributed by atoms with Gasteiger partial charge in [0.1, 0.15) is 11.5 Å². The van der Waals surface area contributed by atoms with Gasteiger partial charge in [0.25, 0.3) is 0 Å². The molecule has 1 aliphatic heterocycles. The van der Waals surface area contributed by atoms with Crippen molar-refractivity contribution in [3.05, 3.63) is 35.9 Å². The Balaban J connectivity index is 2.00. The summed E-state index contributed by atoms with van der Waals surface area (Å²) in [7, 11) is 0. The molecule has 0 radical (unpaired) electrons. The molecule has 5 heteroatoms. The van der Waals surface area contributed by atoms with Gasteiger partial charge in [-0.1, -0.05) is 19.9 Å². The van der Waals surface area contributed by atoms with Crippen LogP contribution in [0.2, 0.25) is 0 Å². The van der Waals surface area contributed by atoms with Crippen LogP contribution in [-0.4, -0.2) is 11.6 Å². The number of fused-ring (bicyclic) bond motifs is 1. The lowest BCUT2D eigenvalue weighted by molar-refractivity contribution is 0.290. The third-order valence-corrected chi connectivity index (χ3v) is 3.40. The topological polar surface area (TPSA) is 83.4 Å². The number of hydrogen-bond acceptors (Lipinski definition) is 5. The van der Waals surface area contributed by atoms with Crippen LogP contribution in [0.4, 0.5) is 11.5 Å². The van der Waals surface area contributed by atoms with Crippen LogP contribution in [0.3, 0.4) is 0 Å². The molecule has 104 valence electrons. The van der Waals surface area contributed by atoms with Crippen LogP contribution < -0.4 is 20.9 Å². The van der Waals surface area contributed by atoms with Gasteiger partial charge in [0.05, 0.1) is 12.3 Å². The second-order valence-corrected chi connectivity index (χ2v) is 5.53. The summed E-state index contributed by atoms with van der Waals surface area (Å²) in [5.74, 6) is 2.29. The van der Waals surface area contributed by atoms with Gasteiger partial charge in [0, 0.05) is 17.0 Å². The molecule has 5 nitrogen and oxygen atoms in total. The summed E-state index contributed by atoms with van der Waals surface area (Å²) < 4.78 is 11.6. The highest BCUT2D eigenvalue weighted by atomic mass is 16.5. The maximum atomic E-state index is 5.87. The molecule has 0 bridgehead atoms. The normalized spacial score (nSPS) is 15.5. The van der Waals surface area contributed by atoms with Crippen LogP contribution in [0.1, 0.15) is 19.4 Å². The van der Waals surface area contributed by atoms with E-state index >= 15 is 0 Å². The molecule has 0 aliphatic carbocycles. The average Bonchev–Trinajstić information content (AvgIpc) is 2.71. The van der Waals surface area contributed by atoms with Gasteiger partial charge in [-0.2, -0.15) is 4.98 Å². The molecule has 0 atom stereocenters. The molecule has 1 aromatic heterocycles. The number of hydrogen-bond donors (Lipinski definition) is 2. The van der Waals surface area contributed by atoms with Crippen molar-refractivity contribution in [1.82, 2.24) is 4.98 Å². The van der Waals surface area contributed by atoms with Gasteiger partial charge in [0.15, 0.2) is 5.82 Å². The van der Waals surface area contributed by atoms with Crippen molar-refractivity contribution >= 4 is 11.5 Å². The molecule has 20 heavy (non-hydrogen) atoms. The molecule has 0 saturated heterocycles. The molecule has 0 unspecified atom stereocenters. The van der Waals surface area contributed by atoms with Crippen LogP contribution >= 0.6 is 0 Å². The lowest BCUT2D eigenvalue weighted by atomic mass is 9.86. The Hall–Kier alpha value is -2.43. The van der Waals surface area contributed by atoms with Crippen molar-refractivity contribution in [3.8, 4) is 17.4 Å².